The van der Waals surface area contributed by atoms with Crippen molar-refractivity contribution in [1.82, 2.24) is 59.8 Å². The first-order chi connectivity index (χ1) is 34.1. The molecule has 0 aliphatic rings. The maximum absolute atomic E-state index is 12.3. The number of ether oxygens (including phenoxy) is 1. The predicted molar refractivity (Wildman–Crippen MR) is 305 cm³/mol. The van der Waals surface area contributed by atoms with Crippen LogP contribution in [0.4, 0.5) is 22.4 Å². The molecule has 2 radical (unpaired) electrons. The van der Waals surface area contributed by atoms with Crippen molar-refractivity contribution in [3.05, 3.63) is 168 Å². The zero-order valence-electron chi connectivity index (χ0n) is 43.6. The van der Waals surface area contributed by atoms with Gasteiger partial charge in [0, 0.05) is 111 Å². The summed E-state index contributed by atoms with van der Waals surface area (Å²) in [6, 6.07) is 9.33. The first-order valence-electron chi connectivity index (χ1n) is 19.4. The van der Waals surface area contributed by atoms with Crippen LogP contribution in [0.2, 0.25) is 21.1 Å². The summed E-state index contributed by atoms with van der Waals surface area (Å²) in [7, 11) is 1.50. The van der Waals surface area contributed by atoms with Crippen LogP contribution in [0.25, 0.3) is 0 Å². The van der Waals surface area contributed by atoms with Crippen LogP contribution in [-0.4, -0.2) is 114 Å². The summed E-state index contributed by atoms with van der Waals surface area (Å²) < 4.78 is 46.2. The van der Waals surface area contributed by atoms with Crippen LogP contribution in [0.3, 0.4) is 0 Å². The minimum atomic E-state index is -2.11. The van der Waals surface area contributed by atoms with Crippen molar-refractivity contribution in [2.75, 3.05) is 30.6 Å². The van der Waals surface area contributed by atoms with Crippen LogP contribution in [0.1, 0.15) is 55.4 Å². The van der Waals surface area contributed by atoms with Gasteiger partial charge in [0.25, 0.3) is 6.17 Å². The van der Waals surface area contributed by atoms with Crippen molar-refractivity contribution >= 4 is 109 Å². The Balaban J connectivity index is -0.0000000512. The van der Waals surface area contributed by atoms with Gasteiger partial charge in [0.1, 0.15) is 0 Å². The Kier molecular flexibility index (Phi) is 132. The zero-order chi connectivity index (χ0) is 57.1. The molecule has 0 aliphatic heterocycles. The molecule has 75 heavy (non-hydrogen) atoms. The van der Waals surface area contributed by atoms with Crippen LogP contribution in [-0.2, 0) is 51.4 Å². The normalized spacial score (nSPS) is 7.53. The maximum atomic E-state index is 12.3. The molecule has 0 bridgehead atoms. The van der Waals surface area contributed by atoms with E-state index in [0.717, 1.165) is 6.92 Å². The second-order valence-corrected chi connectivity index (χ2v) is 14.3. The molecule has 0 spiro atoms. The number of hydrogen-bond donors (Lipinski definition) is 4. The number of H-pyrrole nitrogens is 2. The number of nitrogens with two attached hydrogens (primary N) is 2. The second-order valence-electron chi connectivity index (χ2n) is 8.47. The van der Waals surface area contributed by atoms with E-state index in [2.05, 4.69) is 121 Å². The zero-order valence-corrected chi connectivity index (χ0v) is 53.8. The van der Waals surface area contributed by atoms with E-state index in [1.807, 2.05) is 41.5 Å². The molecule has 428 valence electrons. The van der Waals surface area contributed by atoms with Gasteiger partial charge in [-0.15, -0.1) is 0 Å². The SMILES string of the molecule is CC.CC.CC.CCOC(=O)C(F)C(C)=O.CF.CF.CF.Clc1ncccn1.Clc1ncccn1.Clc1ncccn1.Clc1ncccn1.ICI.NC(N)=O.O=c1nccc[nH]1.O=c1nccc[nH]1.[CH3-].[CH3-].[V].[V]. The number of hydrogen-bond acceptors (Lipinski definition) is 16. The van der Waals surface area contributed by atoms with Gasteiger partial charge in [-0.05, 0) is 96.6 Å². The number of carbonyl (C=O) groups excluding carboxylic acids is 3. The molecule has 6 rings (SSSR count). The number of amides is 2. The number of nitrogens with one attached hydrogen (secondary N) is 2. The van der Waals surface area contributed by atoms with Gasteiger partial charge in [-0.25, -0.2) is 73.4 Å². The fourth-order valence-electron chi connectivity index (χ4n) is 2.13. The number of ketones is 1. The van der Waals surface area contributed by atoms with Gasteiger partial charge in [-0.1, -0.05) is 86.7 Å². The van der Waals surface area contributed by atoms with Crippen molar-refractivity contribution in [3.63, 3.8) is 0 Å². The summed E-state index contributed by atoms with van der Waals surface area (Å²) >= 11 is 25.8. The number of halogens is 10. The number of primary amides is 2. The molecular weight excluding hydrogens is 1380 g/mol. The number of aromatic amines is 2. The van der Waals surface area contributed by atoms with E-state index >= 15 is 0 Å². The minimum absolute atomic E-state index is 0. The van der Waals surface area contributed by atoms with Gasteiger partial charge >= 0.3 is 23.4 Å². The molecule has 0 saturated carbocycles. The first kappa shape index (κ1) is 103. The van der Waals surface area contributed by atoms with Crippen LogP contribution in [0.5, 0.6) is 0 Å². The molecular formula is C43H68Cl4F4I2N14O6V2-2. The van der Waals surface area contributed by atoms with E-state index in [-0.39, 0.29) is 70.0 Å². The Morgan fingerprint density at radius 1 is 0.533 bits per heavy atom. The molecule has 20 nitrogen and oxygen atoms in total. The van der Waals surface area contributed by atoms with Crippen LogP contribution in [0, 0.1) is 14.9 Å². The number of nitrogens with zero attached hydrogens (tertiary/aromatic N) is 10. The Labute approximate surface area is 509 Å². The Morgan fingerprint density at radius 3 is 0.813 bits per heavy atom. The van der Waals surface area contributed by atoms with Crippen molar-refractivity contribution in [2.45, 2.75) is 61.6 Å². The van der Waals surface area contributed by atoms with E-state index in [4.69, 9.17) is 51.2 Å². The average Bonchev–Trinajstić information content (AvgIpc) is 3.40. The van der Waals surface area contributed by atoms with Crippen molar-refractivity contribution in [1.29, 1.82) is 0 Å². The molecule has 6 heterocycles. The van der Waals surface area contributed by atoms with E-state index in [9.17, 15) is 36.7 Å². The third-order valence-corrected chi connectivity index (χ3v) is 4.93. The molecule has 0 fully saturated rings. The van der Waals surface area contributed by atoms with Gasteiger partial charge in [0.15, 0.2) is 5.78 Å². The summed E-state index contributed by atoms with van der Waals surface area (Å²) in [5.41, 5.74) is 7.89. The summed E-state index contributed by atoms with van der Waals surface area (Å²) in [4.78, 5) is 90.3. The fourth-order valence-corrected chi connectivity index (χ4v) is 2.58. The van der Waals surface area contributed by atoms with Crippen molar-refractivity contribution in [2.24, 2.45) is 11.5 Å². The molecule has 1 unspecified atom stereocenters. The molecule has 0 saturated heterocycles. The van der Waals surface area contributed by atoms with Crippen LogP contribution in [0.15, 0.2) is 120 Å². The van der Waals surface area contributed by atoms with Gasteiger partial charge in [-0.3, -0.25) is 18.0 Å². The summed E-state index contributed by atoms with van der Waals surface area (Å²) in [5, 5.41) is 1.18. The number of aromatic nitrogens is 12. The third kappa shape index (κ3) is 107. The van der Waals surface area contributed by atoms with Crippen molar-refractivity contribution < 1.29 is 73.8 Å². The Bertz CT molecular complexity index is 1810. The molecule has 0 aliphatic carbocycles. The average molecular weight is 1450 g/mol. The van der Waals surface area contributed by atoms with Gasteiger partial charge < -0.3 is 41.0 Å². The predicted octanol–water partition coefficient (Wildman–Crippen LogP) is 11.1. The molecule has 2 amide bonds. The summed E-state index contributed by atoms with van der Waals surface area (Å²) in [5.74, 6) is -1.92. The van der Waals surface area contributed by atoms with E-state index in [0.29, 0.717) is 42.7 Å². The standard InChI is InChI=1S/C6H9FO3.4C4H3ClN2.2C4H4N2O.3C2H6.3CH3F.CH2I2.CH4N2O.2CH3.2V/c1-3-10-6(9)5(7)4(2)8;4*5-4-6-2-1-3-7-4;2*7-4-5-2-1-3-6-4;6*1-2;2-1-3;2-1(3)4;;;;/h5H,3H2,1-2H3;4*1-3H;2*1-3H,(H,5,6,7);3*1-2H3;3*1H3;1H2;(H4,2,3,4);2*1H3;;/q;;;;;;;;;;;;;;;2*-1;;. The van der Waals surface area contributed by atoms with E-state index < -0.39 is 24.0 Å². The Morgan fingerprint density at radius 2 is 0.720 bits per heavy atom. The second kappa shape index (κ2) is 95.7. The topological polar surface area (TPSA) is 307 Å². The van der Waals surface area contributed by atoms with E-state index in [1.54, 1.807) is 92.9 Å². The van der Waals surface area contributed by atoms with Crippen LogP contribution >= 0.6 is 91.6 Å². The van der Waals surface area contributed by atoms with Gasteiger partial charge in [0.05, 0.1) is 30.6 Å². The number of carbonyl (C=O) groups is 3. The molecule has 32 heteroatoms. The number of rotatable bonds is 3. The molecule has 6 N–H and O–H groups in total. The largest absolute Gasteiger partial charge is 0.463 e. The van der Waals surface area contributed by atoms with E-state index in [1.165, 1.54) is 27.2 Å². The van der Waals surface area contributed by atoms with Gasteiger partial charge in [0.2, 0.25) is 21.1 Å². The molecule has 6 aromatic heterocycles. The first-order valence-corrected chi connectivity index (χ1v) is 24.0. The number of alkyl halides is 6. The summed E-state index contributed by atoms with van der Waals surface area (Å²) in [6.45, 7) is 14.6. The third-order valence-electron chi connectivity index (χ3n) is 4.15. The maximum Gasteiger partial charge on any atom is 0.348 e. The molecule has 0 aromatic carbocycles. The monoisotopic (exact) mass is 1450 g/mol. The summed E-state index contributed by atoms with van der Waals surface area (Å²) in [6.07, 6.45) is 16.6. The quantitative estimate of drug-likeness (QED) is 0.0243. The fraction of sp³-hybridized carbons (Fsp3) is 0.326. The number of esters is 1. The smallest absolute Gasteiger partial charge is 0.348 e. The number of urea groups is 1. The van der Waals surface area contributed by atoms with Gasteiger partial charge in [-0.2, -0.15) is 0 Å². The van der Waals surface area contributed by atoms with Crippen molar-refractivity contribution in [3.8, 4) is 0 Å². The molecule has 1 atom stereocenters. The van der Waals surface area contributed by atoms with Crippen LogP contribution < -0.4 is 22.8 Å². The molecule has 6 aromatic rings. The minimum Gasteiger partial charge on any atom is -0.463 e. The number of Topliss-reactive ketones (excluding diaryl/α,β-unsaturated/α-hetero) is 1. The Hall–Kier alpha value is -4.00.